The van der Waals surface area contributed by atoms with Crippen molar-refractivity contribution in [3.8, 4) is 5.75 Å². The van der Waals surface area contributed by atoms with Gasteiger partial charge in [0, 0.05) is 49.8 Å². The van der Waals surface area contributed by atoms with Gasteiger partial charge in [-0.05, 0) is 31.1 Å². The number of aliphatic hydroxyl groups is 1. The topological polar surface area (TPSA) is 44.7 Å². The molecule has 1 aromatic rings. The third-order valence-corrected chi connectivity index (χ3v) is 3.88. The van der Waals surface area contributed by atoms with Crippen LogP contribution in [-0.4, -0.2) is 39.0 Å². The van der Waals surface area contributed by atoms with Crippen molar-refractivity contribution in [1.82, 2.24) is 5.32 Å². The predicted octanol–water partition coefficient (Wildman–Crippen LogP) is 2.63. The maximum Gasteiger partial charge on any atom is 0.120 e. The van der Waals surface area contributed by atoms with Crippen LogP contribution >= 0.6 is 0 Å². The molecule has 0 amide bonds. The first kappa shape index (κ1) is 15.7. The van der Waals surface area contributed by atoms with Crippen LogP contribution in [0, 0.1) is 0 Å². The molecule has 4 nitrogen and oxygen atoms in total. The average molecular weight is 290 g/mol. The lowest BCUT2D eigenvalue weighted by atomic mass is 10.0. The van der Waals surface area contributed by atoms with E-state index in [1.165, 1.54) is 16.9 Å². The van der Waals surface area contributed by atoms with Gasteiger partial charge in [0.25, 0.3) is 0 Å². The Morgan fingerprint density at radius 1 is 1.24 bits per heavy atom. The molecule has 1 aliphatic rings. The van der Waals surface area contributed by atoms with Gasteiger partial charge in [-0.2, -0.15) is 0 Å². The van der Waals surface area contributed by atoms with E-state index in [9.17, 15) is 0 Å². The van der Waals surface area contributed by atoms with E-state index in [4.69, 9.17) is 9.84 Å². The van der Waals surface area contributed by atoms with E-state index in [0.29, 0.717) is 6.61 Å². The summed E-state index contributed by atoms with van der Waals surface area (Å²) in [5.41, 5.74) is 3.66. The highest BCUT2D eigenvalue weighted by Crippen LogP contribution is 2.32. The summed E-state index contributed by atoms with van der Waals surface area (Å²) in [5.74, 6) is 0.894. The predicted molar refractivity (Wildman–Crippen MR) is 87.8 cm³/mol. The van der Waals surface area contributed by atoms with Crippen LogP contribution in [0.2, 0.25) is 0 Å². The van der Waals surface area contributed by atoms with Crippen molar-refractivity contribution < 1.29 is 9.84 Å². The van der Waals surface area contributed by atoms with Crippen molar-refractivity contribution in [3.05, 3.63) is 29.8 Å². The number of unbranched alkanes of at least 4 members (excludes halogenated alkanes) is 3. The van der Waals surface area contributed by atoms with E-state index >= 15 is 0 Å². The Morgan fingerprint density at radius 2 is 2.05 bits per heavy atom. The lowest BCUT2D eigenvalue weighted by Crippen LogP contribution is -2.26. The molecular weight excluding hydrogens is 264 g/mol. The molecule has 21 heavy (non-hydrogen) atoms. The first-order chi connectivity index (χ1) is 10.3. The molecule has 0 spiro atoms. The first-order valence-corrected chi connectivity index (χ1v) is 7.70. The summed E-state index contributed by atoms with van der Waals surface area (Å²) < 4.78 is 5.31. The number of likely N-dealkylation sites (N-methyl/N-ethyl adjacent to an activating group) is 1. The molecule has 0 atom stereocenters. The summed E-state index contributed by atoms with van der Waals surface area (Å²) in [6.07, 6.45) is 6.56. The van der Waals surface area contributed by atoms with E-state index in [-0.39, 0.29) is 0 Å². The Labute approximate surface area is 127 Å². The molecule has 4 heteroatoms. The zero-order valence-electron chi connectivity index (χ0n) is 13.1. The molecule has 1 heterocycles. The highest BCUT2D eigenvalue weighted by Gasteiger charge is 2.16. The quantitative estimate of drug-likeness (QED) is 0.722. The Kier molecular flexibility index (Phi) is 5.93. The largest absolute Gasteiger partial charge is 0.497 e. The Morgan fingerprint density at radius 3 is 2.81 bits per heavy atom. The van der Waals surface area contributed by atoms with E-state index in [1.54, 1.807) is 7.11 Å². The van der Waals surface area contributed by atoms with Crippen LogP contribution in [0.25, 0.3) is 5.70 Å². The Bertz CT molecular complexity index is 486. The van der Waals surface area contributed by atoms with Crippen molar-refractivity contribution in [3.63, 3.8) is 0 Å². The van der Waals surface area contributed by atoms with Gasteiger partial charge in [0.1, 0.15) is 5.75 Å². The molecule has 0 aliphatic carbocycles. The Hall–Kier alpha value is -1.68. The lowest BCUT2D eigenvalue weighted by Gasteiger charge is -2.28. The highest BCUT2D eigenvalue weighted by molar-refractivity contribution is 5.80. The third kappa shape index (κ3) is 4.14. The van der Waals surface area contributed by atoms with Gasteiger partial charge in [-0.3, -0.25) is 0 Å². The van der Waals surface area contributed by atoms with Crippen LogP contribution < -0.4 is 15.0 Å². The van der Waals surface area contributed by atoms with Crippen LogP contribution in [0.3, 0.4) is 0 Å². The molecule has 2 N–H and O–H groups in total. The van der Waals surface area contributed by atoms with Crippen molar-refractivity contribution in [2.45, 2.75) is 25.7 Å². The monoisotopic (exact) mass is 290 g/mol. The number of aliphatic hydroxyl groups excluding tert-OH is 1. The maximum absolute atomic E-state index is 8.76. The lowest BCUT2D eigenvalue weighted by molar-refractivity contribution is 0.282. The van der Waals surface area contributed by atoms with Crippen molar-refractivity contribution in [1.29, 1.82) is 0 Å². The van der Waals surface area contributed by atoms with Gasteiger partial charge >= 0.3 is 0 Å². The number of rotatable bonds is 8. The van der Waals surface area contributed by atoms with Crippen LogP contribution in [0.1, 0.15) is 31.2 Å². The van der Waals surface area contributed by atoms with Crippen LogP contribution in [0.15, 0.2) is 24.3 Å². The standard InChI is InChI=1S/C17H26N2O2/c1-19-11-9-16(18-10-5-3-4-6-12-20)15-8-7-14(21-2)13-17(15)19/h7-9,13,18,20H,3-6,10-12H2,1-2H3. The minimum atomic E-state index is 0.306. The fourth-order valence-corrected chi connectivity index (χ4v) is 2.60. The van der Waals surface area contributed by atoms with Gasteiger partial charge in [0.2, 0.25) is 0 Å². The molecule has 1 aliphatic heterocycles. The minimum absolute atomic E-state index is 0.306. The molecule has 0 aromatic heterocycles. The van der Waals surface area contributed by atoms with Crippen LogP contribution in [0.4, 0.5) is 5.69 Å². The summed E-state index contributed by atoms with van der Waals surface area (Å²) in [7, 11) is 3.80. The smallest absolute Gasteiger partial charge is 0.120 e. The average Bonchev–Trinajstić information content (AvgIpc) is 2.52. The SMILES string of the molecule is COc1ccc2c(c1)N(C)CC=C2NCCCCCCO. The number of benzene rings is 1. The highest BCUT2D eigenvalue weighted by atomic mass is 16.5. The summed E-state index contributed by atoms with van der Waals surface area (Å²) >= 11 is 0. The van der Waals surface area contributed by atoms with Gasteiger partial charge in [0.05, 0.1) is 7.11 Å². The number of ether oxygens (including phenoxy) is 1. The zero-order chi connectivity index (χ0) is 15.1. The van der Waals surface area contributed by atoms with E-state index in [2.05, 4.69) is 35.5 Å². The summed E-state index contributed by atoms with van der Waals surface area (Å²) in [5, 5.41) is 12.3. The second kappa shape index (κ2) is 7.93. The second-order valence-electron chi connectivity index (χ2n) is 5.45. The molecule has 2 rings (SSSR count). The minimum Gasteiger partial charge on any atom is -0.497 e. The van der Waals surface area contributed by atoms with Gasteiger partial charge in [-0.1, -0.05) is 12.8 Å². The summed E-state index contributed by atoms with van der Waals surface area (Å²) in [4.78, 5) is 2.23. The molecule has 0 saturated carbocycles. The molecule has 0 unspecified atom stereocenters. The fraction of sp³-hybridized carbons (Fsp3) is 0.529. The normalized spacial score (nSPS) is 13.7. The van der Waals surface area contributed by atoms with Crippen molar-refractivity contribution in [2.24, 2.45) is 0 Å². The number of fused-ring (bicyclic) bond motifs is 1. The van der Waals surface area contributed by atoms with E-state index in [0.717, 1.165) is 44.5 Å². The van der Waals surface area contributed by atoms with E-state index in [1.807, 2.05) is 6.07 Å². The number of hydrogen-bond acceptors (Lipinski definition) is 4. The molecule has 0 saturated heterocycles. The number of hydrogen-bond donors (Lipinski definition) is 2. The molecule has 0 fully saturated rings. The number of nitrogens with zero attached hydrogens (tertiary/aromatic N) is 1. The van der Waals surface area contributed by atoms with Gasteiger partial charge < -0.3 is 20.1 Å². The molecule has 116 valence electrons. The van der Waals surface area contributed by atoms with Crippen LogP contribution in [-0.2, 0) is 0 Å². The Balaban J connectivity index is 1.93. The van der Waals surface area contributed by atoms with Crippen LogP contribution in [0.5, 0.6) is 5.75 Å². The fourth-order valence-electron chi connectivity index (χ4n) is 2.60. The van der Waals surface area contributed by atoms with Gasteiger partial charge in [0.15, 0.2) is 0 Å². The number of anilines is 1. The summed E-state index contributed by atoms with van der Waals surface area (Å²) in [6, 6.07) is 6.22. The maximum atomic E-state index is 8.76. The van der Waals surface area contributed by atoms with E-state index < -0.39 is 0 Å². The van der Waals surface area contributed by atoms with Gasteiger partial charge in [-0.25, -0.2) is 0 Å². The number of nitrogens with one attached hydrogen (secondary N) is 1. The molecule has 0 radical (unpaired) electrons. The summed E-state index contributed by atoms with van der Waals surface area (Å²) in [6.45, 7) is 2.19. The third-order valence-electron chi connectivity index (χ3n) is 3.88. The molecule has 1 aromatic carbocycles. The van der Waals surface area contributed by atoms with Crippen molar-refractivity contribution in [2.75, 3.05) is 38.8 Å². The molecule has 0 bridgehead atoms. The molecular formula is C17H26N2O2. The zero-order valence-corrected chi connectivity index (χ0v) is 13.1. The first-order valence-electron chi connectivity index (χ1n) is 7.70. The van der Waals surface area contributed by atoms with Crippen molar-refractivity contribution >= 4 is 11.4 Å². The van der Waals surface area contributed by atoms with Gasteiger partial charge in [-0.15, -0.1) is 0 Å². The number of methoxy groups -OCH3 is 1. The second-order valence-corrected chi connectivity index (χ2v) is 5.45.